The molecule has 1 atom stereocenters. The van der Waals surface area contributed by atoms with Crippen molar-refractivity contribution in [1.29, 1.82) is 0 Å². The van der Waals surface area contributed by atoms with Crippen molar-refractivity contribution in [2.24, 2.45) is 11.3 Å². The van der Waals surface area contributed by atoms with Crippen molar-refractivity contribution in [2.45, 2.75) is 19.3 Å². The lowest BCUT2D eigenvalue weighted by Gasteiger charge is -2.23. The number of carbonyl (C=O) groups excluding carboxylic acids is 1. The number of H-pyrrole nitrogens is 1. The van der Waals surface area contributed by atoms with Crippen molar-refractivity contribution in [3.05, 3.63) is 48.0 Å². The SMILES string of the molecule is Cl.Cl.O=C(Nc1ccc2nc(-c3cc(F)ccc3F)[nH]c2c1)C1CC12CCNCC2. The predicted molar refractivity (Wildman–Crippen MR) is 117 cm³/mol. The lowest BCUT2D eigenvalue weighted by Crippen LogP contribution is -2.31. The van der Waals surface area contributed by atoms with E-state index in [1.54, 1.807) is 18.2 Å². The first-order chi connectivity index (χ1) is 13.5. The Balaban J connectivity index is 0.00000128. The maximum atomic E-state index is 14.0. The number of imidazole rings is 1. The van der Waals surface area contributed by atoms with E-state index in [1.807, 2.05) is 0 Å². The summed E-state index contributed by atoms with van der Waals surface area (Å²) in [6.45, 7) is 1.95. The summed E-state index contributed by atoms with van der Waals surface area (Å²) >= 11 is 0. The molecule has 2 fully saturated rings. The number of rotatable bonds is 3. The molecule has 1 aromatic heterocycles. The Morgan fingerprint density at radius 1 is 1.10 bits per heavy atom. The number of benzene rings is 2. The van der Waals surface area contributed by atoms with E-state index >= 15 is 0 Å². The molecule has 1 saturated heterocycles. The molecule has 2 aromatic carbocycles. The summed E-state index contributed by atoms with van der Waals surface area (Å²) < 4.78 is 27.5. The third-order valence-corrected chi connectivity index (χ3v) is 6.04. The van der Waals surface area contributed by atoms with Crippen molar-refractivity contribution in [3.8, 4) is 11.4 Å². The van der Waals surface area contributed by atoms with E-state index in [-0.39, 0.29) is 53.4 Å². The molecule has 0 bridgehead atoms. The molecule has 1 unspecified atom stereocenters. The monoisotopic (exact) mass is 454 g/mol. The number of hydrogen-bond donors (Lipinski definition) is 3. The second-order valence-corrected chi connectivity index (χ2v) is 7.80. The minimum absolute atomic E-state index is 0. The van der Waals surface area contributed by atoms with Crippen LogP contribution in [0.4, 0.5) is 14.5 Å². The summed E-state index contributed by atoms with van der Waals surface area (Å²) in [5.41, 5.74) is 2.20. The van der Waals surface area contributed by atoms with Gasteiger partial charge in [0, 0.05) is 11.6 Å². The first-order valence-corrected chi connectivity index (χ1v) is 9.51. The van der Waals surface area contributed by atoms with Crippen molar-refractivity contribution in [3.63, 3.8) is 0 Å². The van der Waals surface area contributed by atoms with Gasteiger partial charge in [-0.25, -0.2) is 13.8 Å². The van der Waals surface area contributed by atoms with Crippen LogP contribution in [0.1, 0.15) is 19.3 Å². The van der Waals surface area contributed by atoms with E-state index in [1.165, 1.54) is 0 Å². The minimum atomic E-state index is -0.546. The van der Waals surface area contributed by atoms with Gasteiger partial charge >= 0.3 is 0 Å². The molecule has 5 nitrogen and oxygen atoms in total. The van der Waals surface area contributed by atoms with Gasteiger partial charge in [0.05, 0.1) is 16.6 Å². The molecule has 160 valence electrons. The molecule has 1 spiro atoms. The number of nitrogens with one attached hydrogen (secondary N) is 3. The zero-order chi connectivity index (χ0) is 19.3. The summed E-state index contributed by atoms with van der Waals surface area (Å²) in [6, 6.07) is 8.58. The maximum absolute atomic E-state index is 14.0. The number of fused-ring (bicyclic) bond motifs is 1. The number of amides is 1. The standard InChI is InChI=1S/C21H20F2N4O.2ClH/c22-12-1-3-16(23)14(9-12)19-26-17-4-2-13(10-18(17)27-19)25-20(28)15-11-21(15)5-7-24-8-6-21;;/h1-4,9-10,15,24H,5-8,11H2,(H,25,28)(H,26,27);2*1H. The van der Waals surface area contributed by atoms with Gasteiger partial charge in [-0.05, 0) is 74.2 Å². The second-order valence-electron chi connectivity index (χ2n) is 7.80. The average Bonchev–Trinajstić information content (AvgIpc) is 3.20. The third kappa shape index (κ3) is 4.02. The molecular weight excluding hydrogens is 433 g/mol. The Kier molecular flexibility index (Phi) is 6.36. The van der Waals surface area contributed by atoms with Crippen LogP contribution in [0.2, 0.25) is 0 Å². The molecule has 3 aromatic rings. The number of anilines is 1. The van der Waals surface area contributed by atoms with Gasteiger partial charge in [-0.1, -0.05) is 0 Å². The van der Waals surface area contributed by atoms with Crippen LogP contribution in [0.3, 0.4) is 0 Å². The zero-order valence-electron chi connectivity index (χ0n) is 16.0. The summed E-state index contributed by atoms with van der Waals surface area (Å²) in [6.07, 6.45) is 3.05. The number of nitrogens with zero attached hydrogens (tertiary/aromatic N) is 1. The van der Waals surface area contributed by atoms with Crippen LogP contribution in [0.5, 0.6) is 0 Å². The van der Waals surface area contributed by atoms with Gasteiger partial charge in [0.1, 0.15) is 17.5 Å². The molecule has 30 heavy (non-hydrogen) atoms. The van der Waals surface area contributed by atoms with Gasteiger partial charge in [-0.15, -0.1) is 24.8 Å². The Hall–Kier alpha value is -2.22. The summed E-state index contributed by atoms with van der Waals surface area (Å²) in [4.78, 5) is 20.0. The highest BCUT2D eigenvalue weighted by molar-refractivity contribution is 5.97. The maximum Gasteiger partial charge on any atom is 0.228 e. The quantitative estimate of drug-likeness (QED) is 0.537. The van der Waals surface area contributed by atoms with Crippen LogP contribution >= 0.6 is 24.8 Å². The average molecular weight is 455 g/mol. The highest BCUT2D eigenvalue weighted by Gasteiger charge is 2.57. The molecule has 1 amide bonds. The highest BCUT2D eigenvalue weighted by atomic mass is 35.5. The summed E-state index contributed by atoms with van der Waals surface area (Å²) in [7, 11) is 0. The Bertz CT molecular complexity index is 1080. The Labute approximate surface area is 184 Å². The van der Waals surface area contributed by atoms with Crippen LogP contribution < -0.4 is 10.6 Å². The highest BCUT2D eigenvalue weighted by Crippen LogP contribution is 2.58. The first-order valence-electron chi connectivity index (χ1n) is 9.51. The summed E-state index contributed by atoms with van der Waals surface area (Å²) in [5, 5.41) is 6.34. The van der Waals surface area contributed by atoms with E-state index in [0.29, 0.717) is 16.7 Å². The number of carbonyl (C=O) groups is 1. The molecule has 1 aliphatic heterocycles. The van der Waals surface area contributed by atoms with E-state index in [0.717, 1.165) is 50.6 Å². The van der Waals surface area contributed by atoms with E-state index < -0.39 is 11.6 Å². The normalized spacial score (nSPS) is 19.1. The molecule has 1 aliphatic carbocycles. The van der Waals surface area contributed by atoms with E-state index in [9.17, 15) is 13.6 Å². The van der Waals surface area contributed by atoms with E-state index in [2.05, 4.69) is 20.6 Å². The van der Waals surface area contributed by atoms with Crippen LogP contribution in [0.15, 0.2) is 36.4 Å². The first kappa shape index (κ1) is 22.5. The van der Waals surface area contributed by atoms with Crippen molar-refractivity contribution in [2.75, 3.05) is 18.4 Å². The fraction of sp³-hybridized carbons (Fsp3) is 0.333. The predicted octanol–water partition coefficient (Wildman–Crippen LogP) is 4.68. The van der Waals surface area contributed by atoms with Gasteiger partial charge in [-0.3, -0.25) is 4.79 Å². The molecule has 3 N–H and O–H groups in total. The van der Waals surface area contributed by atoms with Gasteiger partial charge in [0.15, 0.2) is 0 Å². The zero-order valence-corrected chi connectivity index (χ0v) is 17.6. The smallest absolute Gasteiger partial charge is 0.228 e. The van der Waals surface area contributed by atoms with Crippen molar-refractivity contribution < 1.29 is 13.6 Å². The Morgan fingerprint density at radius 2 is 1.87 bits per heavy atom. The molecule has 0 radical (unpaired) electrons. The van der Waals surface area contributed by atoms with Crippen LogP contribution in [-0.2, 0) is 4.79 Å². The number of aromatic amines is 1. The van der Waals surface area contributed by atoms with Crippen molar-refractivity contribution >= 4 is 47.4 Å². The van der Waals surface area contributed by atoms with Gasteiger partial charge in [-0.2, -0.15) is 0 Å². The van der Waals surface area contributed by atoms with Gasteiger partial charge in [0.2, 0.25) is 5.91 Å². The van der Waals surface area contributed by atoms with E-state index in [4.69, 9.17) is 0 Å². The van der Waals surface area contributed by atoms with Crippen LogP contribution in [-0.4, -0.2) is 29.0 Å². The largest absolute Gasteiger partial charge is 0.338 e. The Morgan fingerprint density at radius 3 is 2.63 bits per heavy atom. The number of halogens is 4. The molecule has 1 saturated carbocycles. The lowest BCUT2D eigenvalue weighted by atomic mass is 9.92. The topological polar surface area (TPSA) is 69.8 Å². The van der Waals surface area contributed by atoms with Crippen molar-refractivity contribution in [1.82, 2.24) is 15.3 Å². The number of hydrogen-bond acceptors (Lipinski definition) is 3. The van der Waals surface area contributed by atoms with Gasteiger partial charge in [0.25, 0.3) is 0 Å². The fourth-order valence-corrected chi connectivity index (χ4v) is 4.32. The van der Waals surface area contributed by atoms with Crippen LogP contribution in [0.25, 0.3) is 22.4 Å². The number of piperidine rings is 1. The lowest BCUT2D eigenvalue weighted by molar-refractivity contribution is -0.118. The number of aromatic nitrogens is 2. The third-order valence-electron chi connectivity index (χ3n) is 6.04. The molecule has 9 heteroatoms. The molecule has 2 heterocycles. The fourth-order valence-electron chi connectivity index (χ4n) is 4.32. The molecule has 2 aliphatic rings. The molecular formula is C21H22Cl2F2N4O. The van der Waals surface area contributed by atoms with Crippen LogP contribution in [0, 0.1) is 23.0 Å². The molecule has 5 rings (SSSR count). The minimum Gasteiger partial charge on any atom is -0.338 e. The summed E-state index contributed by atoms with van der Waals surface area (Å²) in [5.74, 6) is -0.691. The second kappa shape index (κ2) is 8.49. The van der Waals surface area contributed by atoms with Gasteiger partial charge < -0.3 is 15.6 Å².